The van der Waals surface area contributed by atoms with E-state index in [9.17, 15) is 14.5 Å². The molecule has 0 saturated heterocycles. The van der Waals surface area contributed by atoms with Crippen LogP contribution >= 0.6 is 11.6 Å². The molecule has 6 heteroatoms. The first-order valence-electron chi connectivity index (χ1n) is 5.95. The van der Waals surface area contributed by atoms with Crippen molar-refractivity contribution < 1.29 is 9.31 Å². The van der Waals surface area contributed by atoms with Crippen molar-refractivity contribution in [3.63, 3.8) is 0 Å². The van der Waals surface area contributed by atoms with Crippen molar-refractivity contribution >= 4 is 17.3 Å². The fourth-order valence-electron chi connectivity index (χ4n) is 1.87. The Morgan fingerprint density at radius 3 is 2.65 bits per heavy atom. The predicted molar refractivity (Wildman–Crippen MR) is 75.1 cm³/mol. The van der Waals surface area contributed by atoms with E-state index in [1.54, 1.807) is 18.2 Å². The summed E-state index contributed by atoms with van der Waals surface area (Å²) in [7, 11) is 0. The zero-order chi connectivity index (χ0) is 14.5. The number of nitro benzene ring substituents is 1. The molecule has 0 heterocycles. The predicted octanol–water partition coefficient (Wildman–Crippen LogP) is 3.68. The minimum Gasteiger partial charge on any atom is -0.308 e. The quantitative estimate of drug-likeness (QED) is 0.676. The van der Waals surface area contributed by atoms with Crippen LogP contribution in [-0.4, -0.2) is 4.92 Å². The molecule has 0 atom stereocenters. The third kappa shape index (κ3) is 3.53. The molecule has 0 saturated carbocycles. The number of nitro groups is 1. The molecule has 0 aliphatic carbocycles. The number of hydrogen-bond acceptors (Lipinski definition) is 3. The average molecular weight is 295 g/mol. The van der Waals surface area contributed by atoms with Crippen LogP contribution in [0.1, 0.15) is 11.1 Å². The molecule has 0 aliphatic rings. The second-order valence-electron chi connectivity index (χ2n) is 4.23. The van der Waals surface area contributed by atoms with Gasteiger partial charge in [-0.25, -0.2) is 4.39 Å². The number of benzene rings is 2. The lowest BCUT2D eigenvalue weighted by molar-refractivity contribution is -0.385. The van der Waals surface area contributed by atoms with Gasteiger partial charge in [-0.15, -0.1) is 0 Å². The van der Waals surface area contributed by atoms with Gasteiger partial charge in [-0.1, -0.05) is 29.8 Å². The molecule has 104 valence electrons. The second kappa shape index (κ2) is 6.45. The van der Waals surface area contributed by atoms with E-state index in [-0.39, 0.29) is 18.0 Å². The van der Waals surface area contributed by atoms with Crippen molar-refractivity contribution in [1.82, 2.24) is 5.32 Å². The van der Waals surface area contributed by atoms with Gasteiger partial charge in [0.05, 0.1) is 15.5 Å². The van der Waals surface area contributed by atoms with Crippen LogP contribution in [0.4, 0.5) is 10.1 Å². The highest BCUT2D eigenvalue weighted by molar-refractivity contribution is 6.31. The molecule has 0 aromatic heterocycles. The minimum atomic E-state index is -0.467. The van der Waals surface area contributed by atoms with Crippen molar-refractivity contribution in [3.8, 4) is 0 Å². The maximum absolute atomic E-state index is 13.0. The number of halogens is 2. The summed E-state index contributed by atoms with van der Waals surface area (Å²) >= 11 is 5.98. The molecule has 2 aromatic rings. The van der Waals surface area contributed by atoms with Crippen LogP contribution in [0.2, 0.25) is 5.02 Å². The summed E-state index contributed by atoms with van der Waals surface area (Å²) in [4.78, 5) is 10.5. The van der Waals surface area contributed by atoms with Gasteiger partial charge >= 0.3 is 0 Å². The van der Waals surface area contributed by atoms with Gasteiger partial charge in [-0.2, -0.15) is 0 Å². The summed E-state index contributed by atoms with van der Waals surface area (Å²) in [6.07, 6.45) is 0. The van der Waals surface area contributed by atoms with Crippen LogP contribution in [0, 0.1) is 15.9 Å². The van der Waals surface area contributed by atoms with Crippen LogP contribution in [-0.2, 0) is 13.1 Å². The standard InChI is InChI=1S/C14H12ClFN2O2/c15-13-5-2-6-14(18(19)20)12(13)9-17-8-10-3-1-4-11(16)7-10/h1-7,17H,8-9H2. The second-order valence-corrected chi connectivity index (χ2v) is 4.64. The number of hydrogen-bond donors (Lipinski definition) is 1. The lowest BCUT2D eigenvalue weighted by Gasteiger charge is -2.07. The van der Waals surface area contributed by atoms with Gasteiger partial charge in [0, 0.05) is 19.2 Å². The zero-order valence-corrected chi connectivity index (χ0v) is 11.2. The lowest BCUT2D eigenvalue weighted by atomic mass is 10.1. The van der Waals surface area contributed by atoms with E-state index in [4.69, 9.17) is 11.6 Å². The van der Waals surface area contributed by atoms with Crippen molar-refractivity contribution in [3.05, 3.63) is 74.5 Å². The minimum absolute atomic E-state index is 0.0238. The molecule has 0 bridgehead atoms. The topological polar surface area (TPSA) is 55.2 Å². The molecule has 0 aliphatic heterocycles. The summed E-state index contributed by atoms with van der Waals surface area (Å²) in [5.41, 5.74) is 1.17. The smallest absolute Gasteiger partial charge is 0.275 e. The summed E-state index contributed by atoms with van der Waals surface area (Å²) < 4.78 is 13.0. The fraction of sp³-hybridized carbons (Fsp3) is 0.143. The summed E-state index contributed by atoms with van der Waals surface area (Å²) in [6, 6.07) is 10.7. The van der Waals surface area contributed by atoms with E-state index in [0.29, 0.717) is 17.1 Å². The lowest BCUT2D eigenvalue weighted by Crippen LogP contribution is -2.14. The van der Waals surface area contributed by atoms with Gasteiger partial charge in [-0.3, -0.25) is 10.1 Å². The monoisotopic (exact) mass is 294 g/mol. The average Bonchev–Trinajstić information content (AvgIpc) is 2.40. The Morgan fingerprint density at radius 2 is 1.95 bits per heavy atom. The Labute approximate surface area is 120 Å². The fourth-order valence-corrected chi connectivity index (χ4v) is 2.11. The first-order chi connectivity index (χ1) is 9.58. The van der Waals surface area contributed by atoms with Gasteiger partial charge in [0.2, 0.25) is 0 Å². The van der Waals surface area contributed by atoms with Crippen LogP contribution in [0.15, 0.2) is 42.5 Å². The largest absolute Gasteiger partial charge is 0.308 e. The molecule has 0 unspecified atom stereocenters. The highest BCUT2D eigenvalue weighted by atomic mass is 35.5. The van der Waals surface area contributed by atoms with Gasteiger partial charge in [0.1, 0.15) is 5.82 Å². The maximum Gasteiger partial charge on any atom is 0.275 e. The molecule has 0 amide bonds. The van der Waals surface area contributed by atoms with Crippen LogP contribution in [0.3, 0.4) is 0 Å². The Kier molecular flexibility index (Phi) is 4.65. The molecule has 0 fully saturated rings. The van der Waals surface area contributed by atoms with Gasteiger partial charge in [0.15, 0.2) is 0 Å². The normalized spacial score (nSPS) is 10.5. The van der Waals surface area contributed by atoms with Gasteiger partial charge in [-0.05, 0) is 23.8 Å². The van der Waals surface area contributed by atoms with E-state index in [1.165, 1.54) is 24.3 Å². The Morgan fingerprint density at radius 1 is 1.20 bits per heavy atom. The highest BCUT2D eigenvalue weighted by Crippen LogP contribution is 2.25. The van der Waals surface area contributed by atoms with Crippen molar-refractivity contribution in [1.29, 1.82) is 0 Å². The molecule has 1 N–H and O–H groups in total. The Hall–Kier alpha value is -1.98. The molecular weight excluding hydrogens is 283 g/mol. The van der Waals surface area contributed by atoms with Gasteiger partial charge in [0.25, 0.3) is 5.69 Å². The third-order valence-corrected chi connectivity index (χ3v) is 3.16. The van der Waals surface area contributed by atoms with Gasteiger partial charge < -0.3 is 5.32 Å². The molecular formula is C14H12ClFN2O2. The molecule has 0 spiro atoms. The molecule has 0 radical (unpaired) electrons. The maximum atomic E-state index is 13.0. The van der Waals surface area contributed by atoms with Crippen LogP contribution in [0.5, 0.6) is 0 Å². The van der Waals surface area contributed by atoms with E-state index in [1.807, 2.05) is 0 Å². The molecule has 2 aromatic carbocycles. The van der Waals surface area contributed by atoms with E-state index in [0.717, 1.165) is 5.56 Å². The summed E-state index contributed by atoms with van der Waals surface area (Å²) in [5.74, 6) is -0.312. The van der Waals surface area contributed by atoms with Crippen molar-refractivity contribution in [2.45, 2.75) is 13.1 Å². The first kappa shape index (κ1) is 14.4. The summed E-state index contributed by atoms with van der Waals surface area (Å²) in [5, 5.41) is 14.3. The van der Waals surface area contributed by atoms with Crippen molar-refractivity contribution in [2.24, 2.45) is 0 Å². The first-order valence-corrected chi connectivity index (χ1v) is 6.32. The molecule has 20 heavy (non-hydrogen) atoms. The molecule has 4 nitrogen and oxygen atoms in total. The highest BCUT2D eigenvalue weighted by Gasteiger charge is 2.15. The third-order valence-electron chi connectivity index (χ3n) is 2.81. The SMILES string of the molecule is O=[N+]([O-])c1cccc(Cl)c1CNCc1cccc(F)c1. The van der Waals surface area contributed by atoms with E-state index < -0.39 is 4.92 Å². The molecule has 2 rings (SSSR count). The summed E-state index contributed by atoms with van der Waals surface area (Å²) in [6.45, 7) is 0.645. The van der Waals surface area contributed by atoms with E-state index in [2.05, 4.69) is 5.32 Å². The Balaban J connectivity index is 2.06. The number of rotatable bonds is 5. The zero-order valence-electron chi connectivity index (χ0n) is 10.5. The Bertz CT molecular complexity index is 634. The number of nitrogens with zero attached hydrogens (tertiary/aromatic N) is 1. The van der Waals surface area contributed by atoms with Crippen LogP contribution in [0.25, 0.3) is 0 Å². The van der Waals surface area contributed by atoms with E-state index >= 15 is 0 Å². The van der Waals surface area contributed by atoms with Crippen LogP contribution < -0.4 is 5.32 Å². The number of nitrogens with one attached hydrogen (secondary N) is 1. The van der Waals surface area contributed by atoms with Crippen molar-refractivity contribution in [2.75, 3.05) is 0 Å².